The molecule has 0 aliphatic rings. The summed E-state index contributed by atoms with van der Waals surface area (Å²) in [7, 11) is 3.51. The monoisotopic (exact) mass is 825 g/mol. The topological polar surface area (TPSA) is 192 Å². The lowest BCUT2D eigenvalue weighted by Crippen LogP contribution is -2.32. The van der Waals surface area contributed by atoms with E-state index in [1.165, 1.54) is 24.4 Å². The third kappa shape index (κ3) is 15.2. The summed E-state index contributed by atoms with van der Waals surface area (Å²) in [5, 5.41) is 19.8. The molecule has 2 unspecified atom stereocenters. The second kappa shape index (κ2) is 23.2. The maximum Gasteiger partial charge on any atom is 0.309 e. The summed E-state index contributed by atoms with van der Waals surface area (Å²) in [4.78, 5) is 69.9. The van der Waals surface area contributed by atoms with Crippen LogP contribution in [-0.4, -0.2) is 79.1 Å². The van der Waals surface area contributed by atoms with E-state index in [2.05, 4.69) is 26.3 Å². The highest BCUT2D eigenvalue weighted by molar-refractivity contribution is 6.30. The molecular weight excluding hydrogens is 774 g/mol. The van der Waals surface area contributed by atoms with Crippen LogP contribution in [0, 0.1) is 17.2 Å². The first-order valence-corrected chi connectivity index (χ1v) is 19.8. The van der Waals surface area contributed by atoms with Crippen molar-refractivity contribution in [1.82, 2.24) is 20.5 Å². The summed E-state index contributed by atoms with van der Waals surface area (Å²) >= 11 is 5.94. The van der Waals surface area contributed by atoms with Crippen LogP contribution in [0.4, 0.5) is 11.5 Å². The molecule has 0 aliphatic heterocycles. The van der Waals surface area contributed by atoms with Gasteiger partial charge in [-0.05, 0) is 67.3 Å². The fraction of sp³-hybridized carbons (Fsp3) is 0.341. The van der Waals surface area contributed by atoms with E-state index in [0.717, 1.165) is 31.2 Å². The fourth-order valence-corrected chi connectivity index (χ4v) is 5.91. The van der Waals surface area contributed by atoms with Gasteiger partial charge in [-0.3, -0.25) is 29.4 Å². The zero-order chi connectivity index (χ0) is 42.7. The van der Waals surface area contributed by atoms with Gasteiger partial charge in [0.25, 0.3) is 17.7 Å². The van der Waals surface area contributed by atoms with Crippen molar-refractivity contribution in [2.75, 3.05) is 44.4 Å². The first-order valence-electron chi connectivity index (χ1n) is 19.4. The highest BCUT2D eigenvalue weighted by atomic mass is 35.5. The molecule has 4 amide bonds. The maximum absolute atomic E-state index is 13.4. The maximum atomic E-state index is 13.4. The molecule has 0 saturated carbocycles. The number of halogens is 1. The number of carbonyl (C=O) groups excluding carboxylic acids is 5. The van der Waals surface area contributed by atoms with Crippen molar-refractivity contribution in [3.8, 4) is 5.75 Å². The lowest BCUT2D eigenvalue weighted by molar-refractivity contribution is -0.150. The van der Waals surface area contributed by atoms with Crippen molar-refractivity contribution in [2.24, 2.45) is 11.8 Å². The average Bonchev–Trinajstić information content (AvgIpc) is 3.23. The fourth-order valence-electron chi connectivity index (χ4n) is 5.80. The number of amides is 4. The molecule has 15 heteroatoms. The first-order chi connectivity index (χ1) is 28.3. The van der Waals surface area contributed by atoms with Gasteiger partial charge in [-0.15, -0.1) is 0 Å². The number of esters is 1. The molecule has 5 N–H and O–H groups in total. The number of rotatable bonds is 21. The summed E-state index contributed by atoms with van der Waals surface area (Å²) in [5.74, 6) is -1.80. The van der Waals surface area contributed by atoms with Crippen LogP contribution in [-0.2, 0) is 25.7 Å². The van der Waals surface area contributed by atoms with E-state index in [-0.39, 0.29) is 59.7 Å². The molecule has 0 radical (unpaired) electrons. The van der Waals surface area contributed by atoms with Gasteiger partial charge in [-0.25, -0.2) is 4.98 Å². The molecule has 0 bridgehead atoms. The van der Waals surface area contributed by atoms with E-state index in [0.29, 0.717) is 41.5 Å². The van der Waals surface area contributed by atoms with E-state index < -0.39 is 17.7 Å². The number of hydrogen-bond acceptors (Lipinski definition) is 9. The SMILES string of the molecule is CC(CC(C)C(=O)OCc1ccccc1)C(=O)NCCCCCCNC(=O)COc1ccc(NC(=O)c2ccc(C(=N)N(C)C)cc2)c(C(=O)Nc2ccc(Cl)cn2)c1. The number of nitrogens with one attached hydrogen (secondary N) is 5. The Hall–Kier alpha value is -6.28. The van der Waals surface area contributed by atoms with Crippen molar-refractivity contribution in [1.29, 1.82) is 5.41 Å². The molecule has 59 heavy (non-hydrogen) atoms. The summed E-state index contributed by atoms with van der Waals surface area (Å²) in [6.45, 7) is 4.44. The molecule has 1 aromatic heterocycles. The molecule has 0 spiro atoms. The van der Waals surface area contributed by atoms with E-state index in [4.69, 9.17) is 26.5 Å². The lowest BCUT2D eigenvalue weighted by Gasteiger charge is -2.16. The predicted octanol–water partition coefficient (Wildman–Crippen LogP) is 6.70. The highest BCUT2D eigenvalue weighted by Crippen LogP contribution is 2.25. The molecule has 0 aliphatic carbocycles. The molecule has 0 saturated heterocycles. The van der Waals surface area contributed by atoms with Crippen molar-refractivity contribution in [3.05, 3.63) is 118 Å². The van der Waals surface area contributed by atoms with E-state index in [1.54, 1.807) is 69.2 Å². The van der Waals surface area contributed by atoms with Crippen molar-refractivity contribution in [3.63, 3.8) is 0 Å². The normalized spacial score (nSPS) is 11.7. The van der Waals surface area contributed by atoms with Crippen LogP contribution in [0.3, 0.4) is 0 Å². The molecule has 4 aromatic rings. The van der Waals surface area contributed by atoms with E-state index in [9.17, 15) is 24.0 Å². The number of pyridine rings is 1. The van der Waals surface area contributed by atoms with Gasteiger partial charge in [0.1, 0.15) is 24.0 Å². The summed E-state index contributed by atoms with van der Waals surface area (Å²) < 4.78 is 11.1. The Labute approximate surface area is 349 Å². The summed E-state index contributed by atoms with van der Waals surface area (Å²) in [6.07, 6.45) is 4.99. The van der Waals surface area contributed by atoms with Crippen molar-refractivity contribution >= 4 is 58.5 Å². The minimum absolute atomic E-state index is 0.0680. The molecule has 0 fully saturated rings. The number of aromatic nitrogens is 1. The second-order valence-electron chi connectivity index (χ2n) is 14.3. The van der Waals surface area contributed by atoms with Gasteiger partial charge in [0, 0.05) is 50.4 Å². The standard InChI is InChI=1S/C44H52ClN7O7/c1-29(24-30(2)44(57)59-27-31-12-8-7-9-13-31)41(54)48-23-11-6-5-10-22-47-39(53)28-58-35-19-20-37(36(25-35)43(56)51-38-21-18-34(45)26-49-38)50-42(55)33-16-14-32(15-17-33)40(46)52(3)4/h7-9,12-21,25-26,29-30,46H,5-6,10-11,22-24,27-28H2,1-4H3,(H,47,53)(H,48,54)(H,50,55)(H,49,51,56). The van der Waals surface area contributed by atoms with Gasteiger partial charge < -0.3 is 35.6 Å². The molecule has 2 atom stereocenters. The Bertz CT molecular complexity index is 2050. The number of unbranched alkanes of at least 4 members (excludes halogenated alkanes) is 3. The van der Waals surface area contributed by atoms with Crippen LogP contribution in [0.2, 0.25) is 5.02 Å². The molecule has 14 nitrogen and oxygen atoms in total. The lowest BCUT2D eigenvalue weighted by atomic mass is 9.96. The number of benzene rings is 3. The Balaban J connectivity index is 1.18. The third-order valence-corrected chi connectivity index (χ3v) is 9.42. The van der Waals surface area contributed by atoms with E-state index in [1.807, 2.05) is 30.3 Å². The summed E-state index contributed by atoms with van der Waals surface area (Å²) in [6, 6.07) is 23.6. The van der Waals surface area contributed by atoms with Crippen molar-refractivity contribution < 1.29 is 33.4 Å². The van der Waals surface area contributed by atoms with Crippen LogP contribution in [0.25, 0.3) is 0 Å². The van der Waals surface area contributed by atoms with Crippen LogP contribution in [0.1, 0.15) is 77.8 Å². The van der Waals surface area contributed by atoms with Crippen LogP contribution in [0.5, 0.6) is 5.75 Å². The van der Waals surface area contributed by atoms with Crippen LogP contribution >= 0.6 is 11.6 Å². The summed E-state index contributed by atoms with van der Waals surface area (Å²) in [5.41, 5.74) is 2.14. The van der Waals surface area contributed by atoms with Gasteiger partial charge in [-0.1, -0.05) is 80.8 Å². The predicted molar refractivity (Wildman–Crippen MR) is 228 cm³/mol. The Kier molecular flexibility index (Phi) is 17.9. The zero-order valence-corrected chi connectivity index (χ0v) is 34.6. The number of hydrogen-bond donors (Lipinski definition) is 5. The second-order valence-corrected chi connectivity index (χ2v) is 14.7. The largest absolute Gasteiger partial charge is 0.484 e. The van der Waals surface area contributed by atoms with Crippen LogP contribution < -0.4 is 26.0 Å². The van der Waals surface area contributed by atoms with Gasteiger partial charge >= 0.3 is 5.97 Å². The minimum Gasteiger partial charge on any atom is -0.484 e. The highest BCUT2D eigenvalue weighted by Gasteiger charge is 2.22. The van der Waals surface area contributed by atoms with Crippen LogP contribution in [0.15, 0.2) is 91.1 Å². The smallest absolute Gasteiger partial charge is 0.309 e. The zero-order valence-electron chi connectivity index (χ0n) is 33.8. The Morgan fingerprint density at radius 3 is 2.12 bits per heavy atom. The molecular formula is C44H52ClN7O7. The van der Waals surface area contributed by atoms with E-state index >= 15 is 0 Å². The Morgan fingerprint density at radius 2 is 1.46 bits per heavy atom. The number of nitrogens with zero attached hydrogens (tertiary/aromatic N) is 2. The van der Waals surface area contributed by atoms with Gasteiger partial charge in [0.05, 0.1) is 22.2 Å². The van der Waals surface area contributed by atoms with Gasteiger partial charge in [0.2, 0.25) is 5.91 Å². The molecule has 312 valence electrons. The molecule has 3 aromatic carbocycles. The number of anilines is 2. The number of amidine groups is 1. The third-order valence-electron chi connectivity index (χ3n) is 9.20. The quantitative estimate of drug-likeness (QED) is 0.0263. The minimum atomic E-state index is -0.583. The van der Waals surface area contributed by atoms with Gasteiger partial charge in [-0.2, -0.15) is 0 Å². The average molecular weight is 826 g/mol. The first kappa shape index (κ1) is 45.4. The number of ether oxygens (including phenoxy) is 2. The Morgan fingerprint density at radius 1 is 0.780 bits per heavy atom. The molecule has 4 rings (SSSR count). The molecule has 1 heterocycles. The van der Waals surface area contributed by atoms with Crippen molar-refractivity contribution in [2.45, 2.75) is 52.6 Å². The van der Waals surface area contributed by atoms with Gasteiger partial charge in [0.15, 0.2) is 6.61 Å². The number of carbonyl (C=O) groups is 5.